The van der Waals surface area contributed by atoms with Gasteiger partial charge in [-0.25, -0.2) is 5.01 Å². The van der Waals surface area contributed by atoms with Crippen LogP contribution in [-0.4, -0.2) is 17.1 Å². The molecule has 1 amide bonds. The van der Waals surface area contributed by atoms with Gasteiger partial charge in [-0.2, -0.15) is 5.10 Å². The van der Waals surface area contributed by atoms with Crippen molar-refractivity contribution in [3.63, 3.8) is 0 Å². The van der Waals surface area contributed by atoms with Crippen LogP contribution in [-0.2, 0) is 4.79 Å². The number of hydrogen-bond donors (Lipinski definition) is 0. The highest BCUT2D eigenvalue weighted by Crippen LogP contribution is 2.36. The van der Waals surface area contributed by atoms with Gasteiger partial charge in [-0.3, -0.25) is 4.79 Å². The van der Waals surface area contributed by atoms with Crippen molar-refractivity contribution in [2.45, 2.75) is 25.3 Å². The standard InChI is InChI=1S/C13H14N2O/c16-13(11-6-7-11)15-12(8-9-14-15)10-4-2-1-3-5-10/h1-5,9,11-12H,6-8H2. The molecule has 0 aromatic heterocycles. The summed E-state index contributed by atoms with van der Waals surface area (Å²) in [6, 6.07) is 10.3. The van der Waals surface area contributed by atoms with Crippen molar-refractivity contribution in [1.29, 1.82) is 0 Å². The number of hydrogen-bond acceptors (Lipinski definition) is 2. The van der Waals surface area contributed by atoms with Crippen molar-refractivity contribution in [2.24, 2.45) is 11.0 Å². The summed E-state index contributed by atoms with van der Waals surface area (Å²) in [5.74, 6) is 0.434. The molecule has 0 N–H and O–H groups in total. The molecular formula is C13H14N2O. The molecule has 1 saturated carbocycles. The number of nitrogens with zero attached hydrogens (tertiary/aromatic N) is 2. The van der Waals surface area contributed by atoms with E-state index in [0.29, 0.717) is 0 Å². The maximum absolute atomic E-state index is 12.0. The third-order valence-electron chi connectivity index (χ3n) is 3.17. The van der Waals surface area contributed by atoms with Crippen LogP contribution in [0.1, 0.15) is 30.9 Å². The molecule has 2 aliphatic rings. The van der Waals surface area contributed by atoms with Gasteiger partial charge in [0.05, 0.1) is 6.04 Å². The highest BCUT2D eigenvalue weighted by atomic mass is 16.2. The van der Waals surface area contributed by atoms with E-state index >= 15 is 0 Å². The van der Waals surface area contributed by atoms with Crippen molar-refractivity contribution in [2.75, 3.05) is 0 Å². The molecule has 0 saturated heterocycles. The number of carbonyl (C=O) groups excluding carboxylic acids is 1. The molecule has 0 bridgehead atoms. The fourth-order valence-electron chi connectivity index (χ4n) is 2.10. The third kappa shape index (κ3) is 1.62. The lowest BCUT2D eigenvalue weighted by Gasteiger charge is -2.22. The zero-order valence-corrected chi connectivity index (χ0v) is 9.04. The van der Waals surface area contributed by atoms with E-state index in [-0.39, 0.29) is 17.9 Å². The maximum atomic E-state index is 12.0. The Kier molecular flexibility index (Phi) is 2.24. The molecular weight excluding hydrogens is 200 g/mol. The lowest BCUT2D eigenvalue weighted by molar-refractivity contribution is -0.134. The summed E-state index contributed by atoms with van der Waals surface area (Å²) < 4.78 is 0. The van der Waals surface area contributed by atoms with Crippen LogP contribution in [0, 0.1) is 5.92 Å². The third-order valence-corrected chi connectivity index (χ3v) is 3.17. The van der Waals surface area contributed by atoms with Crippen LogP contribution < -0.4 is 0 Å². The first kappa shape index (κ1) is 9.58. The second-order valence-electron chi connectivity index (χ2n) is 4.42. The molecule has 3 nitrogen and oxygen atoms in total. The number of amides is 1. The van der Waals surface area contributed by atoms with E-state index in [1.807, 2.05) is 24.4 Å². The molecule has 1 unspecified atom stereocenters. The summed E-state index contributed by atoms with van der Waals surface area (Å²) in [5, 5.41) is 5.89. The number of hydrazone groups is 1. The van der Waals surface area contributed by atoms with Gasteiger partial charge in [-0.05, 0) is 18.4 Å². The molecule has 16 heavy (non-hydrogen) atoms. The summed E-state index contributed by atoms with van der Waals surface area (Å²) in [6.45, 7) is 0. The molecule has 1 fully saturated rings. The quantitative estimate of drug-likeness (QED) is 0.743. The summed E-state index contributed by atoms with van der Waals surface area (Å²) in [7, 11) is 0. The Bertz CT molecular complexity index is 423. The molecule has 1 heterocycles. The van der Waals surface area contributed by atoms with Gasteiger partial charge in [0.2, 0.25) is 5.91 Å². The molecule has 82 valence electrons. The van der Waals surface area contributed by atoms with Crippen molar-refractivity contribution >= 4 is 12.1 Å². The topological polar surface area (TPSA) is 32.7 Å². The fourth-order valence-corrected chi connectivity index (χ4v) is 2.10. The number of benzene rings is 1. The van der Waals surface area contributed by atoms with Gasteiger partial charge in [0.1, 0.15) is 0 Å². The molecule has 3 heteroatoms. The molecule has 1 aliphatic heterocycles. The van der Waals surface area contributed by atoms with E-state index < -0.39 is 0 Å². The van der Waals surface area contributed by atoms with Gasteiger partial charge in [0.25, 0.3) is 0 Å². The molecule has 0 spiro atoms. The average Bonchev–Trinajstić information content (AvgIpc) is 3.06. The van der Waals surface area contributed by atoms with E-state index in [2.05, 4.69) is 17.2 Å². The van der Waals surface area contributed by atoms with Crippen LogP contribution in [0.15, 0.2) is 35.4 Å². The maximum Gasteiger partial charge on any atom is 0.246 e. The van der Waals surface area contributed by atoms with Crippen molar-refractivity contribution in [3.8, 4) is 0 Å². The summed E-state index contributed by atoms with van der Waals surface area (Å²) in [4.78, 5) is 12.0. The van der Waals surface area contributed by atoms with Gasteiger partial charge in [0.15, 0.2) is 0 Å². The molecule has 1 aromatic rings. The first-order valence-corrected chi connectivity index (χ1v) is 5.77. The molecule has 1 aliphatic carbocycles. The van der Waals surface area contributed by atoms with Crippen LogP contribution in [0.3, 0.4) is 0 Å². The lowest BCUT2D eigenvalue weighted by Crippen LogP contribution is -2.28. The second kappa shape index (κ2) is 3.74. The average molecular weight is 214 g/mol. The Hall–Kier alpha value is -1.64. The minimum atomic E-state index is 0.120. The normalized spacial score (nSPS) is 23.8. The first-order chi connectivity index (χ1) is 7.86. The van der Waals surface area contributed by atoms with Crippen LogP contribution in [0.2, 0.25) is 0 Å². The van der Waals surface area contributed by atoms with E-state index in [4.69, 9.17) is 0 Å². The van der Waals surface area contributed by atoms with Gasteiger partial charge in [0, 0.05) is 18.6 Å². The second-order valence-corrected chi connectivity index (χ2v) is 4.42. The molecule has 0 radical (unpaired) electrons. The predicted octanol–water partition coefficient (Wildman–Crippen LogP) is 2.36. The number of carbonyl (C=O) groups is 1. The van der Waals surface area contributed by atoms with Gasteiger partial charge >= 0.3 is 0 Å². The SMILES string of the molecule is O=C(C1CC1)N1N=CCC1c1ccccc1. The largest absolute Gasteiger partial charge is 0.273 e. The summed E-state index contributed by atoms with van der Waals surface area (Å²) >= 11 is 0. The minimum Gasteiger partial charge on any atom is -0.273 e. The van der Waals surface area contributed by atoms with Gasteiger partial charge < -0.3 is 0 Å². The van der Waals surface area contributed by atoms with E-state index in [0.717, 1.165) is 19.3 Å². The van der Waals surface area contributed by atoms with E-state index in [9.17, 15) is 4.79 Å². The molecule has 1 atom stereocenters. The van der Waals surface area contributed by atoms with E-state index in [1.54, 1.807) is 5.01 Å². The van der Waals surface area contributed by atoms with Crippen molar-refractivity contribution in [3.05, 3.63) is 35.9 Å². The minimum absolute atomic E-state index is 0.120. The first-order valence-electron chi connectivity index (χ1n) is 5.77. The Balaban J connectivity index is 1.83. The van der Waals surface area contributed by atoms with Crippen LogP contribution in [0.4, 0.5) is 0 Å². The number of rotatable bonds is 2. The molecule has 1 aromatic carbocycles. The Morgan fingerprint density at radius 2 is 2.00 bits per heavy atom. The van der Waals surface area contributed by atoms with Gasteiger partial charge in [-0.15, -0.1) is 0 Å². The van der Waals surface area contributed by atoms with Crippen LogP contribution >= 0.6 is 0 Å². The Morgan fingerprint density at radius 1 is 1.25 bits per heavy atom. The highest BCUT2D eigenvalue weighted by molar-refractivity contribution is 5.83. The van der Waals surface area contributed by atoms with Gasteiger partial charge in [-0.1, -0.05) is 30.3 Å². The highest BCUT2D eigenvalue weighted by Gasteiger charge is 2.38. The predicted molar refractivity (Wildman–Crippen MR) is 61.9 cm³/mol. The smallest absolute Gasteiger partial charge is 0.246 e. The zero-order valence-electron chi connectivity index (χ0n) is 9.04. The lowest BCUT2D eigenvalue weighted by atomic mass is 10.0. The summed E-state index contributed by atoms with van der Waals surface area (Å²) in [5.41, 5.74) is 1.18. The molecule has 3 rings (SSSR count). The Labute approximate surface area is 94.8 Å². The van der Waals surface area contributed by atoms with E-state index in [1.165, 1.54) is 5.56 Å². The monoisotopic (exact) mass is 214 g/mol. The zero-order chi connectivity index (χ0) is 11.0. The van der Waals surface area contributed by atoms with Crippen molar-refractivity contribution < 1.29 is 4.79 Å². The van der Waals surface area contributed by atoms with Crippen LogP contribution in [0.25, 0.3) is 0 Å². The summed E-state index contributed by atoms with van der Waals surface area (Å²) in [6.07, 6.45) is 4.75. The van der Waals surface area contributed by atoms with Crippen LogP contribution in [0.5, 0.6) is 0 Å². The Morgan fingerprint density at radius 3 is 2.69 bits per heavy atom. The fraction of sp³-hybridized carbons (Fsp3) is 0.385. The van der Waals surface area contributed by atoms with Crippen molar-refractivity contribution in [1.82, 2.24) is 5.01 Å².